The molecule has 0 spiro atoms. The van der Waals surface area contributed by atoms with Crippen LogP contribution in [0.1, 0.15) is 19.3 Å². The summed E-state index contributed by atoms with van der Waals surface area (Å²) in [7, 11) is 0. The van der Waals surface area contributed by atoms with E-state index in [1.54, 1.807) is 0 Å². The summed E-state index contributed by atoms with van der Waals surface area (Å²) in [6, 6.07) is 0. The minimum Gasteiger partial charge on any atom is -0.297 e. The van der Waals surface area contributed by atoms with Crippen LogP contribution in [0.3, 0.4) is 0 Å². The standard InChI is InChI=1S/C7H7ClF2O2/c8-7(1-2-7)5(12)3-4(11)6(9)10/h6H,1-3H2. The number of hydrogen-bond donors (Lipinski definition) is 0. The SMILES string of the molecule is O=C(CC(=O)C1(Cl)CC1)C(F)F. The number of halogens is 3. The van der Waals surface area contributed by atoms with Gasteiger partial charge >= 0.3 is 0 Å². The maximum absolute atomic E-state index is 11.7. The summed E-state index contributed by atoms with van der Waals surface area (Å²) in [5.74, 6) is -1.92. The van der Waals surface area contributed by atoms with Crippen LogP contribution in [0.25, 0.3) is 0 Å². The number of ketones is 2. The molecule has 5 heteroatoms. The average molecular weight is 197 g/mol. The van der Waals surface area contributed by atoms with Gasteiger partial charge in [0.2, 0.25) is 5.78 Å². The molecule has 12 heavy (non-hydrogen) atoms. The summed E-state index contributed by atoms with van der Waals surface area (Å²) in [5, 5.41) is 0. The normalized spacial score (nSPS) is 19.3. The summed E-state index contributed by atoms with van der Waals surface area (Å²) in [4.78, 5) is 20.4. The zero-order valence-corrected chi connectivity index (χ0v) is 6.90. The number of alkyl halides is 3. The van der Waals surface area contributed by atoms with Crippen molar-refractivity contribution in [2.45, 2.75) is 30.6 Å². The third-order valence-electron chi connectivity index (χ3n) is 1.77. The van der Waals surface area contributed by atoms with Crippen LogP contribution in [0.15, 0.2) is 0 Å². The lowest BCUT2D eigenvalue weighted by Crippen LogP contribution is -2.22. The van der Waals surface area contributed by atoms with Crippen LogP contribution in [0, 0.1) is 0 Å². The van der Waals surface area contributed by atoms with Crippen LogP contribution < -0.4 is 0 Å². The molecule has 0 atom stereocenters. The van der Waals surface area contributed by atoms with E-state index in [2.05, 4.69) is 0 Å². The molecule has 1 rings (SSSR count). The lowest BCUT2D eigenvalue weighted by Gasteiger charge is -2.02. The number of rotatable bonds is 4. The Kier molecular flexibility index (Phi) is 2.46. The van der Waals surface area contributed by atoms with Crippen LogP contribution in [-0.2, 0) is 9.59 Å². The topological polar surface area (TPSA) is 34.1 Å². The minimum atomic E-state index is -3.06. The van der Waals surface area contributed by atoms with Crippen LogP contribution in [0.4, 0.5) is 8.78 Å². The number of carbonyl (C=O) groups excluding carboxylic acids is 2. The fourth-order valence-corrected chi connectivity index (χ4v) is 0.944. The highest BCUT2D eigenvalue weighted by atomic mass is 35.5. The van der Waals surface area contributed by atoms with E-state index in [0.29, 0.717) is 12.8 Å². The molecular formula is C7H7ClF2O2. The van der Waals surface area contributed by atoms with Crippen LogP contribution in [0.2, 0.25) is 0 Å². The van der Waals surface area contributed by atoms with Crippen molar-refractivity contribution in [1.82, 2.24) is 0 Å². The molecule has 0 unspecified atom stereocenters. The van der Waals surface area contributed by atoms with Crippen molar-refractivity contribution in [3.05, 3.63) is 0 Å². The predicted octanol–water partition coefficient (Wildman–Crippen LogP) is 1.55. The quantitative estimate of drug-likeness (QED) is 0.505. The van der Waals surface area contributed by atoms with Gasteiger partial charge in [0.15, 0.2) is 5.78 Å². The van der Waals surface area contributed by atoms with E-state index < -0.39 is 29.3 Å². The number of hydrogen-bond acceptors (Lipinski definition) is 2. The molecule has 68 valence electrons. The monoisotopic (exact) mass is 196 g/mol. The summed E-state index contributed by atoms with van der Waals surface area (Å²) < 4.78 is 23.3. The Labute approximate surface area is 72.9 Å². The molecule has 1 aliphatic carbocycles. The molecule has 1 saturated carbocycles. The Morgan fingerprint density at radius 1 is 1.42 bits per heavy atom. The summed E-state index contributed by atoms with van der Waals surface area (Å²) >= 11 is 5.60. The van der Waals surface area contributed by atoms with E-state index in [1.807, 2.05) is 0 Å². The first-order valence-corrected chi connectivity index (χ1v) is 3.86. The van der Waals surface area contributed by atoms with Crippen molar-refractivity contribution >= 4 is 23.2 Å². The first-order valence-electron chi connectivity index (χ1n) is 3.49. The van der Waals surface area contributed by atoms with Crippen molar-refractivity contribution in [3.8, 4) is 0 Å². The van der Waals surface area contributed by atoms with E-state index in [4.69, 9.17) is 11.6 Å². The van der Waals surface area contributed by atoms with Gasteiger partial charge < -0.3 is 0 Å². The third kappa shape index (κ3) is 2.00. The van der Waals surface area contributed by atoms with E-state index in [0.717, 1.165) is 0 Å². The van der Waals surface area contributed by atoms with Gasteiger partial charge in [-0.1, -0.05) is 0 Å². The van der Waals surface area contributed by atoms with Gasteiger partial charge in [0.05, 0.1) is 6.42 Å². The van der Waals surface area contributed by atoms with Crippen LogP contribution >= 0.6 is 11.6 Å². The fraction of sp³-hybridized carbons (Fsp3) is 0.714. The number of Topliss-reactive ketones (excluding diaryl/α,β-unsaturated/α-hetero) is 2. The predicted molar refractivity (Wildman–Crippen MR) is 38.5 cm³/mol. The van der Waals surface area contributed by atoms with E-state index in [1.165, 1.54) is 0 Å². The second-order valence-electron chi connectivity index (χ2n) is 2.83. The number of carbonyl (C=O) groups is 2. The average Bonchev–Trinajstić information content (AvgIpc) is 2.69. The highest BCUT2D eigenvalue weighted by Crippen LogP contribution is 2.44. The molecule has 0 saturated heterocycles. The lowest BCUT2D eigenvalue weighted by molar-refractivity contribution is -0.134. The highest BCUT2D eigenvalue weighted by molar-refractivity contribution is 6.38. The Balaban J connectivity index is 2.41. The fourth-order valence-electron chi connectivity index (χ4n) is 0.782. The molecule has 1 fully saturated rings. The Hall–Kier alpha value is -0.510. The summed E-state index contributed by atoms with van der Waals surface area (Å²) in [5.41, 5.74) is 0. The molecule has 0 heterocycles. The van der Waals surface area contributed by atoms with Crippen molar-refractivity contribution in [2.24, 2.45) is 0 Å². The summed E-state index contributed by atoms with van der Waals surface area (Å²) in [6.07, 6.45) is -2.82. The van der Waals surface area contributed by atoms with E-state index in [-0.39, 0.29) is 0 Å². The molecule has 2 nitrogen and oxygen atoms in total. The smallest absolute Gasteiger partial charge is 0.296 e. The zero-order valence-electron chi connectivity index (χ0n) is 6.15. The van der Waals surface area contributed by atoms with Crippen LogP contribution in [0.5, 0.6) is 0 Å². The third-order valence-corrected chi connectivity index (χ3v) is 2.36. The zero-order chi connectivity index (χ0) is 9.35. The minimum absolute atomic E-state index is 0.490. The second kappa shape index (κ2) is 3.09. The molecular weight excluding hydrogens is 190 g/mol. The van der Waals surface area contributed by atoms with Gasteiger partial charge in [0, 0.05) is 0 Å². The van der Waals surface area contributed by atoms with Crippen molar-refractivity contribution in [3.63, 3.8) is 0 Å². The van der Waals surface area contributed by atoms with Gasteiger partial charge in [-0.15, -0.1) is 11.6 Å². The molecule has 0 aromatic carbocycles. The Bertz CT molecular complexity index is 223. The molecule has 0 radical (unpaired) electrons. The summed E-state index contributed by atoms with van der Waals surface area (Å²) in [6.45, 7) is 0. The molecule has 0 bridgehead atoms. The lowest BCUT2D eigenvalue weighted by atomic mass is 10.1. The van der Waals surface area contributed by atoms with Gasteiger partial charge in [-0.05, 0) is 12.8 Å². The van der Waals surface area contributed by atoms with Crippen LogP contribution in [-0.4, -0.2) is 22.9 Å². The maximum atomic E-state index is 11.7. The molecule has 0 aromatic rings. The van der Waals surface area contributed by atoms with Gasteiger partial charge in [0.25, 0.3) is 6.43 Å². The second-order valence-corrected chi connectivity index (χ2v) is 3.56. The Morgan fingerprint density at radius 3 is 2.25 bits per heavy atom. The molecule has 0 aromatic heterocycles. The first-order chi connectivity index (χ1) is 5.46. The van der Waals surface area contributed by atoms with E-state index in [9.17, 15) is 18.4 Å². The van der Waals surface area contributed by atoms with Crippen molar-refractivity contribution in [1.29, 1.82) is 0 Å². The largest absolute Gasteiger partial charge is 0.297 e. The molecule has 0 amide bonds. The van der Waals surface area contributed by atoms with Gasteiger partial charge in [-0.25, -0.2) is 8.78 Å². The maximum Gasteiger partial charge on any atom is 0.296 e. The first kappa shape index (κ1) is 9.58. The van der Waals surface area contributed by atoms with E-state index >= 15 is 0 Å². The van der Waals surface area contributed by atoms with Gasteiger partial charge in [0.1, 0.15) is 4.87 Å². The highest BCUT2D eigenvalue weighted by Gasteiger charge is 2.48. The molecule has 0 aliphatic heterocycles. The molecule has 1 aliphatic rings. The van der Waals surface area contributed by atoms with Gasteiger partial charge in [-0.3, -0.25) is 9.59 Å². The van der Waals surface area contributed by atoms with Crippen molar-refractivity contribution in [2.75, 3.05) is 0 Å². The van der Waals surface area contributed by atoms with Crippen molar-refractivity contribution < 1.29 is 18.4 Å². The Morgan fingerprint density at radius 2 is 1.92 bits per heavy atom. The van der Waals surface area contributed by atoms with Gasteiger partial charge in [-0.2, -0.15) is 0 Å². The molecule has 0 N–H and O–H groups in total.